The van der Waals surface area contributed by atoms with Gasteiger partial charge in [-0.3, -0.25) is 4.90 Å². The van der Waals surface area contributed by atoms with Crippen LogP contribution in [0.2, 0.25) is 0 Å². The SMILES string of the molecule is COc1ccc2nc(N[C@H]3CCN(Cc4ccccc4)C3)cc(C)c2c1. The van der Waals surface area contributed by atoms with Gasteiger partial charge in [-0.25, -0.2) is 4.98 Å². The summed E-state index contributed by atoms with van der Waals surface area (Å²) in [7, 11) is 1.70. The fraction of sp³-hybridized carbons (Fsp3) is 0.318. The van der Waals surface area contributed by atoms with Crippen molar-refractivity contribution in [1.29, 1.82) is 0 Å². The zero-order valence-electron chi connectivity index (χ0n) is 15.4. The lowest BCUT2D eigenvalue weighted by Gasteiger charge is -2.18. The van der Waals surface area contributed by atoms with Crippen LogP contribution in [0.4, 0.5) is 5.82 Å². The van der Waals surface area contributed by atoms with E-state index in [4.69, 9.17) is 9.72 Å². The minimum absolute atomic E-state index is 0.446. The number of likely N-dealkylation sites (tertiary alicyclic amines) is 1. The summed E-state index contributed by atoms with van der Waals surface area (Å²) >= 11 is 0. The third-order valence-electron chi connectivity index (χ3n) is 5.10. The molecule has 4 nitrogen and oxygen atoms in total. The van der Waals surface area contributed by atoms with Crippen molar-refractivity contribution in [2.45, 2.75) is 25.9 Å². The van der Waals surface area contributed by atoms with E-state index in [1.165, 1.54) is 11.1 Å². The first-order valence-corrected chi connectivity index (χ1v) is 9.19. The summed E-state index contributed by atoms with van der Waals surface area (Å²) in [5.74, 6) is 1.84. The predicted molar refractivity (Wildman–Crippen MR) is 107 cm³/mol. The van der Waals surface area contributed by atoms with Crippen LogP contribution in [0.3, 0.4) is 0 Å². The molecule has 1 aliphatic heterocycles. The van der Waals surface area contributed by atoms with E-state index in [1.807, 2.05) is 12.1 Å². The van der Waals surface area contributed by atoms with Crippen molar-refractivity contribution >= 4 is 16.7 Å². The largest absolute Gasteiger partial charge is 0.497 e. The summed E-state index contributed by atoms with van der Waals surface area (Å²) in [6.45, 7) is 5.32. The van der Waals surface area contributed by atoms with Crippen molar-refractivity contribution in [2.75, 3.05) is 25.5 Å². The monoisotopic (exact) mass is 347 g/mol. The number of fused-ring (bicyclic) bond motifs is 1. The van der Waals surface area contributed by atoms with Gasteiger partial charge in [-0.2, -0.15) is 0 Å². The molecule has 0 spiro atoms. The van der Waals surface area contributed by atoms with Crippen molar-refractivity contribution in [1.82, 2.24) is 9.88 Å². The topological polar surface area (TPSA) is 37.4 Å². The molecule has 1 N–H and O–H groups in total. The van der Waals surface area contributed by atoms with Crippen LogP contribution in [0, 0.1) is 6.92 Å². The number of methoxy groups -OCH3 is 1. The lowest BCUT2D eigenvalue weighted by molar-refractivity contribution is 0.328. The molecule has 0 unspecified atom stereocenters. The Balaban J connectivity index is 1.44. The lowest BCUT2D eigenvalue weighted by Crippen LogP contribution is -2.26. The molecule has 4 rings (SSSR count). The Morgan fingerprint density at radius 3 is 2.81 bits per heavy atom. The third-order valence-corrected chi connectivity index (χ3v) is 5.10. The number of aryl methyl sites for hydroxylation is 1. The molecular formula is C22H25N3O. The van der Waals surface area contributed by atoms with Crippen molar-refractivity contribution in [3.8, 4) is 5.75 Å². The number of anilines is 1. The summed E-state index contributed by atoms with van der Waals surface area (Å²) in [6, 6.07) is 19.3. The van der Waals surface area contributed by atoms with Gasteiger partial charge in [0.1, 0.15) is 11.6 Å². The van der Waals surface area contributed by atoms with Gasteiger partial charge in [0, 0.05) is 31.1 Å². The van der Waals surface area contributed by atoms with E-state index in [2.05, 4.69) is 59.6 Å². The number of ether oxygens (including phenoxy) is 1. The number of nitrogens with one attached hydrogen (secondary N) is 1. The van der Waals surface area contributed by atoms with Crippen LogP contribution in [0.25, 0.3) is 10.9 Å². The second kappa shape index (κ2) is 7.34. The highest BCUT2D eigenvalue weighted by molar-refractivity contribution is 5.85. The molecule has 2 aromatic carbocycles. The quantitative estimate of drug-likeness (QED) is 0.749. The molecule has 0 aliphatic carbocycles. The molecule has 0 bridgehead atoms. The number of aromatic nitrogens is 1. The molecule has 1 aromatic heterocycles. The van der Waals surface area contributed by atoms with E-state index in [0.717, 1.165) is 48.5 Å². The molecule has 0 radical (unpaired) electrons. The van der Waals surface area contributed by atoms with Crippen LogP contribution >= 0.6 is 0 Å². The first-order chi connectivity index (χ1) is 12.7. The normalized spacial score (nSPS) is 17.5. The van der Waals surface area contributed by atoms with Gasteiger partial charge in [-0.05, 0) is 48.7 Å². The Bertz CT molecular complexity index is 895. The van der Waals surface area contributed by atoms with Crippen LogP contribution in [0.5, 0.6) is 5.75 Å². The van der Waals surface area contributed by atoms with Crippen LogP contribution < -0.4 is 10.1 Å². The highest BCUT2D eigenvalue weighted by Gasteiger charge is 2.22. The minimum Gasteiger partial charge on any atom is -0.497 e. The van der Waals surface area contributed by atoms with Gasteiger partial charge in [0.15, 0.2) is 0 Å². The molecule has 1 aliphatic rings. The maximum atomic E-state index is 5.33. The average Bonchev–Trinajstić information content (AvgIpc) is 3.09. The van der Waals surface area contributed by atoms with Crippen LogP contribution in [0.1, 0.15) is 17.5 Å². The van der Waals surface area contributed by atoms with Gasteiger partial charge in [0.25, 0.3) is 0 Å². The van der Waals surface area contributed by atoms with E-state index in [-0.39, 0.29) is 0 Å². The standard InChI is InChI=1S/C22H25N3O/c1-16-12-22(24-21-9-8-19(26-2)13-20(16)21)23-18-10-11-25(15-18)14-17-6-4-3-5-7-17/h3-9,12-13,18H,10-11,14-15H2,1-2H3,(H,23,24)/t18-/m0/s1. The first kappa shape index (κ1) is 16.9. The maximum absolute atomic E-state index is 5.33. The Morgan fingerprint density at radius 1 is 1.15 bits per heavy atom. The van der Waals surface area contributed by atoms with Crippen molar-refractivity contribution in [3.05, 3.63) is 65.7 Å². The van der Waals surface area contributed by atoms with Crippen LogP contribution in [0.15, 0.2) is 54.6 Å². The van der Waals surface area contributed by atoms with Gasteiger partial charge >= 0.3 is 0 Å². The summed E-state index contributed by atoms with van der Waals surface area (Å²) in [4.78, 5) is 7.30. The lowest BCUT2D eigenvalue weighted by atomic mass is 10.1. The molecule has 1 atom stereocenters. The van der Waals surface area contributed by atoms with Gasteiger partial charge in [0.2, 0.25) is 0 Å². The minimum atomic E-state index is 0.446. The van der Waals surface area contributed by atoms with E-state index < -0.39 is 0 Å². The van der Waals surface area contributed by atoms with Crippen LogP contribution in [-0.4, -0.2) is 36.1 Å². The molecule has 0 saturated carbocycles. The van der Waals surface area contributed by atoms with Crippen molar-refractivity contribution < 1.29 is 4.74 Å². The third kappa shape index (κ3) is 3.65. The zero-order valence-corrected chi connectivity index (χ0v) is 15.4. The number of hydrogen-bond acceptors (Lipinski definition) is 4. The summed E-state index contributed by atoms with van der Waals surface area (Å²) in [5.41, 5.74) is 3.60. The highest BCUT2D eigenvalue weighted by atomic mass is 16.5. The van der Waals surface area contributed by atoms with E-state index >= 15 is 0 Å². The highest BCUT2D eigenvalue weighted by Crippen LogP contribution is 2.26. The molecule has 26 heavy (non-hydrogen) atoms. The number of hydrogen-bond donors (Lipinski definition) is 1. The van der Waals surface area contributed by atoms with Gasteiger partial charge in [-0.15, -0.1) is 0 Å². The number of nitrogens with zero attached hydrogens (tertiary/aromatic N) is 2. The molecule has 0 amide bonds. The van der Waals surface area contributed by atoms with E-state index in [1.54, 1.807) is 7.11 Å². The van der Waals surface area contributed by atoms with Gasteiger partial charge in [-0.1, -0.05) is 30.3 Å². The van der Waals surface area contributed by atoms with Gasteiger partial charge in [0.05, 0.1) is 12.6 Å². The fourth-order valence-corrected chi connectivity index (χ4v) is 3.72. The molecule has 4 heteroatoms. The Labute approximate surface area is 154 Å². The summed E-state index contributed by atoms with van der Waals surface area (Å²) in [5, 5.41) is 4.78. The number of rotatable bonds is 5. The molecular weight excluding hydrogens is 322 g/mol. The van der Waals surface area contributed by atoms with Crippen molar-refractivity contribution in [2.24, 2.45) is 0 Å². The van der Waals surface area contributed by atoms with Crippen LogP contribution in [-0.2, 0) is 6.54 Å². The zero-order chi connectivity index (χ0) is 17.9. The van der Waals surface area contributed by atoms with E-state index in [9.17, 15) is 0 Å². The average molecular weight is 347 g/mol. The second-order valence-electron chi connectivity index (χ2n) is 7.06. The molecule has 3 aromatic rings. The van der Waals surface area contributed by atoms with Gasteiger partial charge < -0.3 is 10.1 Å². The van der Waals surface area contributed by atoms with E-state index in [0.29, 0.717) is 6.04 Å². The predicted octanol–water partition coefficient (Wildman–Crippen LogP) is 4.24. The molecule has 1 fully saturated rings. The Kier molecular flexibility index (Phi) is 4.76. The molecule has 2 heterocycles. The number of pyridine rings is 1. The Morgan fingerprint density at radius 2 is 2.00 bits per heavy atom. The Hall–Kier alpha value is -2.59. The first-order valence-electron chi connectivity index (χ1n) is 9.19. The fourth-order valence-electron chi connectivity index (χ4n) is 3.72. The second-order valence-corrected chi connectivity index (χ2v) is 7.06. The smallest absolute Gasteiger partial charge is 0.127 e. The summed E-state index contributed by atoms with van der Waals surface area (Å²) in [6.07, 6.45) is 1.15. The molecule has 1 saturated heterocycles. The van der Waals surface area contributed by atoms with Crippen molar-refractivity contribution in [3.63, 3.8) is 0 Å². The number of benzene rings is 2. The summed E-state index contributed by atoms with van der Waals surface area (Å²) < 4.78 is 5.33. The molecule has 134 valence electrons. The maximum Gasteiger partial charge on any atom is 0.127 e.